The molecule has 2 rings (SSSR count). The number of nitrogens with zero attached hydrogens (tertiary/aromatic N) is 1. The van der Waals surface area contributed by atoms with Gasteiger partial charge in [-0.3, -0.25) is 4.79 Å². The molecule has 0 radical (unpaired) electrons. The molecule has 2 aliphatic rings. The molecule has 4 heteroatoms. The predicted octanol–water partition coefficient (Wildman–Crippen LogP) is 2.94. The van der Waals surface area contributed by atoms with Crippen molar-refractivity contribution in [1.82, 2.24) is 4.90 Å². The van der Waals surface area contributed by atoms with Crippen LogP contribution in [0.4, 0.5) is 0 Å². The van der Waals surface area contributed by atoms with Crippen molar-refractivity contribution in [2.75, 3.05) is 6.54 Å². The second-order valence-corrected chi connectivity index (χ2v) is 11.7. The Kier molecular flexibility index (Phi) is 3.45. The van der Waals surface area contributed by atoms with Crippen LogP contribution in [0.2, 0.25) is 18.1 Å². The number of rotatable bonds is 2. The van der Waals surface area contributed by atoms with E-state index in [0.717, 1.165) is 19.4 Å². The Morgan fingerprint density at radius 3 is 2.67 bits per heavy atom. The largest absolute Gasteiger partial charge is 0.412 e. The minimum Gasteiger partial charge on any atom is -0.412 e. The third-order valence-corrected chi connectivity index (χ3v) is 9.10. The van der Waals surface area contributed by atoms with Crippen molar-refractivity contribution < 1.29 is 9.22 Å². The van der Waals surface area contributed by atoms with E-state index in [9.17, 15) is 4.79 Å². The van der Waals surface area contributed by atoms with E-state index < -0.39 is 8.32 Å². The fourth-order valence-electron chi connectivity index (χ4n) is 2.43. The number of carbonyl (C=O) groups excluding carboxylic acids is 1. The van der Waals surface area contributed by atoms with Gasteiger partial charge in [0.25, 0.3) is 0 Å². The molecule has 0 N–H and O–H groups in total. The molecule has 0 saturated carbocycles. The monoisotopic (exact) mass is 267 g/mol. The molecule has 0 spiro atoms. The molecular formula is C14H25NO2Si. The lowest BCUT2D eigenvalue weighted by Crippen LogP contribution is -2.53. The van der Waals surface area contributed by atoms with E-state index in [1.807, 2.05) is 11.0 Å². The standard InChI is InChI=1S/C14H25NO2Si/c1-14(2,3)18(4,5)17-12-7-6-10-15-11(12)8-9-13(15)16/h8-9,11-12H,6-7,10H2,1-5H3/t11-,12+/m1/s1. The van der Waals surface area contributed by atoms with Crippen LogP contribution in [0.3, 0.4) is 0 Å². The zero-order valence-corrected chi connectivity index (χ0v) is 13.2. The van der Waals surface area contributed by atoms with Crippen LogP contribution in [0, 0.1) is 0 Å². The lowest BCUT2D eigenvalue weighted by atomic mass is 10.0. The van der Waals surface area contributed by atoms with Crippen LogP contribution >= 0.6 is 0 Å². The van der Waals surface area contributed by atoms with Gasteiger partial charge in [0, 0.05) is 12.6 Å². The SMILES string of the molecule is CC(C)(C)[Si](C)(C)O[C@H]1CCCN2C(=O)C=C[C@H]12. The van der Waals surface area contributed by atoms with Crippen LogP contribution in [0.25, 0.3) is 0 Å². The number of piperidine rings is 1. The van der Waals surface area contributed by atoms with Gasteiger partial charge in [-0.1, -0.05) is 26.8 Å². The summed E-state index contributed by atoms with van der Waals surface area (Å²) in [4.78, 5) is 13.7. The number of fused-ring (bicyclic) bond motifs is 1. The zero-order valence-electron chi connectivity index (χ0n) is 12.2. The van der Waals surface area contributed by atoms with E-state index in [2.05, 4.69) is 33.9 Å². The fraction of sp³-hybridized carbons (Fsp3) is 0.786. The fourth-order valence-corrected chi connectivity index (χ4v) is 3.80. The third kappa shape index (κ3) is 2.41. The first kappa shape index (κ1) is 13.8. The van der Waals surface area contributed by atoms with Crippen molar-refractivity contribution >= 4 is 14.2 Å². The van der Waals surface area contributed by atoms with Gasteiger partial charge in [-0.25, -0.2) is 0 Å². The van der Waals surface area contributed by atoms with Crippen LogP contribution in [-0.4, -0.2) is 37.8 Å². The van der Waals surface area contributed by atoms with E-state index in [1.54, 1.807) is 6.08 Å². The van der Waals surface area contributed by atoms with Crippen molar-refractivity contribution in [3.63, 3.8) is 0 Å². The van der Waals surface area contributed by atoms with Gasteiger partial charge in [0.1, 0.15) is 0 Å². The summed E-state index contributed by atoms with van der Waals surface area (Å²) in [6, 6.07) is 0.181. The van der Waals surface area contributed by atoms with Gasteiger partial charge in [0.05, 0.1) is 12.1 Å². The average molecular weight is 267 g/mol. The van der Waals surface area contributed by atoms with E-state index in [4.69, 9.17) is 4.43 Å². The summed E-state index contributed by atoms with van der Waals surface area (Å²) in [5, 5.41) is 0.224. The summed E-state index contributed by atoms with van der Waals surface area (Å²) in [7, 11) is -1.75. The van der Waals surface area contributed by atoms with Gasteiger partial charge in [-0.05, 0) is 31.0 Å². The molecule has 0 unspecified atom stereocenters. The maximum absolute atomic E-state index is 11.7. The Hall–Kier alpha value is -0.613. The van der Waals surface area contributed by atoms with Crippen molar-refractivity contribution in [2.45, 2.75) is 63.9 Å². The third-order valence-electron chi connectivity index (χ3n) is 4.60. The maximum atomic E-state index is 11.7. The molecule has 0 aromatic carbocycles. The molecule has 2 heterocycles. The summed E-state index contributed by atoms with van der Waals surface area (Å²) < 4.78 is 6.50. The van der Waals surface area contributed by atoms with E-state index >= 15 is 0 Å². The van der Waals surface area contributed by atoms with E-state index in [0.29, 0.717) is 0 Å². The van der Waals surface area contributed by atoms with Gasteiger partial charge >= 0.3 is 0 Å². The lowest BCUT2D eigenvalue weighted by Gasteiger charge is -2.44. The summed E-state index contributed by atoms with van der Waals surface area (Å²) in [6.07, 6.45) is 6.06. The summed E-state index contributed by atoms with van der Waals surface area (Å²) in [5.41, 5.74) is 0. The first-order valence-electron chi connectivity index (χ1n) is 6.89. The molecule has 1 fully saturated rings. The summed E-state index contributed by atoms with van der Waals surface area (Å²) in [5.74, 6) is 0.156. The molecule has 1 amide bonds. The summed E-state index contributed by atoms with van der Waals surface area (Å²) in [6.45, 7) is 12.2. The Balaban J connectivity index is 2.10. The van der Waals surface area contributed by atoms with E-state index in [1.165, 1.54) is 0 Å². The highest BCUT2D eigenvalue weighted by Crippen LogP contribution is 2.39. The molecule has 0 aliphatic carbocycles. The Bertz CT molecular complexity index is 370. The van der Waals surface area contributed by atoms with Gasteiger partial charge < -0.3 is 9.33 Å². The highest BCUT2D eigenvalue weighted by atomic mass is 28.4. The van der Waals surface area contributed by atoms with Crippen molar-refractivity contribution in [3.05, 3.63) is 12.2 Å². The molecule has 0 aromatic rings. The van der Waals surface area contributed by atoms with Crippen molar-refractivity contribution in [2.24, 2.45) is 0 Å². The minimum atomic E-state index is -1.75. The number of amides is 1. The minimum absolute atomic E-state index is 0.156. The second-order valence-electron chi connectivity index (χ2n) is 6.94. The van der Waals surface area contributed by atoms with Crippen LogP contribution in [0.15, 0.2) is 12.2 Å². The van der Waals surface area contributed by atoms with Gasteiger partial charge in [-0.15, -0.1) is 0 Å². The highest BCUT2D eigenvalue weighted by Gasteiger charge is 2.43. The molecule has 2 atom stereocenters. The lowest BCUT2D eigenvalue weighted by molar-refractivity contribution is -0.129. The van der Waals surface area contributed by atoms with E-state index in [-0.39, 0.29) is 23.1 Å². The first-order chi connectivity index (χ1) is 8.22. The maximum Gasteiger partial charge on any atom is 0.246 e. The van der Waals surface area contributed by atoms with Crippen LogP contribution in [0.1, 0.15) is 33.6 Å². The molecule has 102 valence electrons. The normalized spacial score (nSPS) is 28.7. The molecule has 18 heavy (non-hydrogen) atoms. The summed E-state index contributed by atoms with van der Waals surface area (Å²) >= 11 is 0. The topological polar surface area (TPSA) is 29.5 Å². The molecule has 3 nitrogen and oxygen atoms in total. The molecule has 0 aromatic heterocycles. The first-order valence-corrected chi connectivity index (χ1v) is 9.80. The molecular weight excluding hydrogens is 242 g/mol. The van der Waals surface area contributed by atoms with Gasteiger partial charge in [0.2, 0.25) is 5.91 Å². The molecule has 2 aliphatic heterocycles. The molecule has 1 saturated heterocycles. The highest BCUT2D eigenvalue weighted by molar-refractivity contribution is 6.74. The number of hydrogen-bond acceptors (Lipinski definition) is 2. The average Bonchev–Trinajstić information content (AvgIpc) is 2.60. The number of hydrogen-bond donors (Lipinski definition) is 0. The Labute approximate surface area is 111 Å². The van der Waals surface area contributed by atoms with Crippen molar-refractivity contribution in [3.8, 4) is 0 Å². The Morgan fingerprint density at radius 2 is 2.06 bits per heavy atom. The van der Waals surface area contributed by atoms with Gasteiger partial charge in [0.15, 0.2) is 8.32 Å². The number of carbonyl (C=O) groups is 1. The zero-order chi connectivity index (χ0) is 13.6. The van der Waals surface area contributed by atoms with Crippen molar-refractivity contribution in [1.29, 1.82) is 0 Å². The van der Waals surface area contributed by atoms with Crippen LogP contribution in [0.5, 0.6) is 0 Å². The smallest absolute Gasteiger partial charge is 0.246 e. The van der Waals surface area contributed by atoms with Crippen LogP contribution in [-0.2, 0) is 9.22 Å². The molecule has 0 bridgehead atoms. The predicted molar refractivity (Wildman–Crippen MR) is 75.9 cm³/mol. The second kappa shape index (κ2) is 4.49. The Morgan fingerprint density at radius 1 is 1.39 bits per heavy atom. The quantitative estimate of drug-likeness (QED) is 0.720. The van der Waals surface area contributed by atoms with Crippen LogP contribution < -0.4 is 0 Å². The van der Waals surface area contributed by atoms with Gasteiger partial charge in [-0.2, -0.15) is 0 Å².